The summed E-state index contributed by atoms with van der Waals surface area (Å²) in [6.07, 6.45) is 1.80. The third-order valence-electron chi connectivity index (χ3n) is 6.36. The van der Waals surface area contributed by atoms with E-state index in [9.17, 15) is 8.78 Å². The summed E-state index contributed by atoms with van der Waals surface area (Å²) < 4.78 is 41.3. The Balaban J connectivity index is 1.83. The van der Waals surface area contributed by atoms with Gasteiger partial charge >= 0.3 is 0 Å². The molecule has 1 heterocycles. The van der Waals surface area contributed by atoms with Gasteiger partial charge in [0.1, 0.15) is 17.5 Å². The number of anilines is 1. The molecule has 5 nitrogen and oxygen atoms in total. The van der Waals surface area contributed by atoms with Gasteiger partial charge < -0.3 is 14.4 Å². The molecule has 0 fully saturated rings. The first-order chi connectivity index (χ1) is 17.2. The summed E-state index contributed by atoms with van der Waals surface area (Å²) in [6, 6.07) is 16.6. The third kappa shape index (κ3) is 4.75. The summed E-state index contributed by atoms with van der Waals surface area (Å²) in [5.41, 5.74) is 2.33. The van der Waals surface area contributed by atoms with Gasteiger partial charge in [0.05, 0.1) is 37.2 Å². The van der Waals surface area contributed by atoms with E-state index >= 15 is 0 Å². The maximum atomic E-state index is 14.6. The summed E-state index contributed by atoms with van der Waals surface area (Å²) in [6.45, 7) is 4.42. The van der Waals surface area contributed by atoms with E-state index in [-0.39, 0.29) is 18.0 Å². The first-order valence-corrected chi connectivity index (χ1v) is 11.8. The number of methoxy groups -OCH3 is 2. The highest BCUT2D eigenvalue weighted by atomic mass is 35.5. The summed E-state index contributed by atoms with van der Waals surface area (Å²) in [7, 11) is 4.95. The van der Waals surface area contributed by atoms with E-state index < -0.39 is 11.2 Å². The highest BCUT2D eigenvalue weighted by Gasteiger charge is 2.31. The molecule has 1 aromatic heterocycles. The summed E-state index contributed by atoms with van der Waals surface area (Å²) in [5, 5.41) is 0.309. The van der Waals surface area contributed by atoms with Crippen molar-refractivity contribution in [1.82, 2.24) is 9.55 Å². The van der Waals surface area contributed by atoms with Gasteiger partial charge in [-0.25, -0.2) is 13.8 Å². The smallest absolute Gasteiger partial charge is 0.161 e. The van der Waals surface area contributed by atoms with Gasteiger partial charge in [-0.1, -0.05) is 37.6 Å². The molecule has 4 aromatic rings. The van der Waals surface area contributed by atoms with E-state index in [0.29, 0.717) is 22.3 Å². The summed E-state index contributed by atoms with van der Waals surface area (Å²) in [4.78, 5) is 6.43. The molecule has 0 unspecified atom stereocenters. The second kappa shape index (κ2) is 10.2. The SMILES string of the molecule is COc1ccc(C(C)(C)c2cnc(CN(C)c3c(F)cccc3Cl)n2-c2ccc(F)cc2)cc1OC. The zero-order chi connectivity index (χ0) is 26.0. The molecule has 0 atom stereocenters. The van der Waals surface area contributed by atoms with Crippen molar-refractivity contribution in [2.24, 2.45) is 0 Å². The van der Waals surface area contributed by atoms with E-state index in [1.807, 2.05) is 22.8 Å². The Morgan fingerprint density at radius 2 is 1.67 bits per heavy atom. The molecule has 0 aliphatic heterocycles. The molecule has 0 saturated heterocycles. The van der Waals surface area contributed by atoms with Crippen molar-refractivity contribution in [2.45, 2.75) is 25.8 Å². The number of nitrogens with zero attached hydrogens (tertiary/aromatic N) is 3. The first kappa shape index (κ1) is 25.5. The molecular formula is C28H28ClF2N3O2. The van der Waals surface area contributed by atoms with Gasteiger partial charge in [-0.2, -0.15) is 0 Å². The molecule has 0 N–H and O–H groups in total. The maximum absolute atomic E-state index is 14.6. The normalized spacial score (nSPS) is 11.4. The fourth-order valence-corrected chi connectivity index (χ4v) is 4.65. The Morgan fingerprint density at radius 1 is 0.972 bits per heavy atom. The number of ether oxygens (including phenoxy) is 2. The molecule has 188 valence electrons. The molecule has 0 aliphatic rings. The minimum Gasteiger partial charge on any atom is -0.493 e. The Labute approximate surface area is 214 Å². The van der Waals surface area contributed by atoms with Crippen molar-refractivity contribution >= 4 is 17.3 Å². The van der Waals surface area contributed by atoms with Crippen molar-refractivity contribution < 1.29 is 18.3 Å². The fraction of sp³-hybridized carbons (Fsp3) is 0.250. The molecule has 0 amide bonds. The molecule has 8 heteroatoms. The molecule has 3 aromatic carbocycles. The second-order valence-electron chi connectivity index (χ2n) is 8.99. The molecular weight excluding hydrogens is 484 g/mol. The molecule has 0 saturated carbocycles. The van der Waals surface area contributed by atoms with Crippen LogP contribution in [0.15, 0.2) is 66.9 Å². The van der Waals surface area contributed by atoms with Crippen LogP contribution in [0.5, 0.6) is 11.5 Å². The van der Waals surface area contributed by atoms with Crippen LogP contribution in [-0.4, -0.2) is 30.8 Å². The first-order valence-electron chi connectivity index (χ1n) is 11.4. The van der Waals surface area contributed by atoms with Gasteiger partial charge in [-0.05, 0) is 54.1 Å². The lowest BCUT2D eigenvalue weighted by atomic mass is 9.81. The van der Waals surface area contributed by atoms with Crippen molar-refractivity contribution in [3.05, 3.63) is 101 Å². The van der Waals surface area contributed by atoms with Crippen molar-refractivity contribution in [3.63, 3.8) is 0 Å². The molecule has 0 spiro atoms. The number of para-hydroxylation sites is 1. The van der Waals surface area contributed by atoms with Crippen LogP contribution in [0, 0.1) is 11.6 Å². The molecule has 4 rings (SSSR count). The van der Waals surface area contributed by atoms with Crippen molar-refractivity contribution in [3.8, 4) is 17.2 Å². The van der Waals surface area contributed by atoms with Gasteiger partial charge in [-0.15, -0.1) is 0 Å². The van der Waals surface area contributed by atoms with Crippen LogP contribution in [0.25, 0.3) is 5.69 Å². The average Bonchev–Trinajstić information content (AvgIpc) is 3.28. The summed E-state index contributed by atoms with van der Waals surface area (Å²) in [5.74, 6) is 1.14. The number of benzene rings is 3. The predicted molar refractivity (Wildman–Crippen MR) is 139 cm³/mol. The number of halogens is 3. The lowest BCUT2D eigenvalue weighted by Gasteiger charge is -2.29. The number of hydrogen-bond donors (Lipinski definition) is 0. The van der Waals surface area contributed by atoms with Gasteiger partial charge in [0.25, 0.3) is 0 Å². The largest absolute Gasteiger partial charge is 0.493 e. The van der Waals surface area contributed by atoms with E-state index in [1.165, 1.54) is 18.2 Å². The maximum Gasteiger partial charge on any atom is 0.161 e. The zero-order valence-electron chi connectivity index (χ0n) is 20.8. The highest BCUT2D eigenvalue weighted by Crippen LogP contribution is 2.39. The van der Waals surface area contributed by atoms with Crippen LogP contribution in [0.3, 0.4) is 0 Å². The molecule has 36 heavy (non-hydrogen) atoms. The van der Waals surface area contributed by atoms with Crippen molar-refractivity contribution in [1.29, 1.82) is 0 Å². The van der Waals surface area contributed by atoms with Crippen LogP contribution >= 0.6 is 11.6 Å². The predicted octanol–water partition coefficient (Wildman–Crippen LogP) is 6.78. The van der Waals surface area contributed by atoms with Crippen LogP contribution in [-0.2, 0) is 12.0 Å². The minimum atomic E-state index is -0.534. The number of hydrogen-bond acceptors (Lipinski definition) is 4. The van der Waals surface area contributed by atoms with Crippen LogP contribution in [0.2, 0.25) is 5.02 Å². The quantitative estimate of drug-likeness (QED) is 0.261. The lowest BCUT2D eigenvalue weighted by Crippen LogP contribution is -2.25. The average molecular weight is 512 g/mol. The van der Waals surface area contributed by atoms with Gasteiger partial charge in [0.15, 0.2) is 11.5 Å². The second-order valence-corrected chi connectivity index (χ2v) is 9.40. The fourth-order valence-electron chi connectivity index (χ4n) is 4.34. The number of aromatic nitrogens is 2. The molecule has 0 radical (unpaired) electrons. The topological polar surface area (TPSA) is 39.5 Å². The number of imidazole rings is 1. The minimum absolute atomic E-state index is 0.264. The Kier molecular flexibility index (Phi) is 7.22. The Morgan fingerprint density at radius 3 is 2.31 bits per heavy atom. The molecule has 0 bridgehead atoms. The van der Waals surface area contributed by atoms with E-state index in [4.69, 9.17) is 26.1 Å². The standard InChI is InChI=1S/C28H28ClF2N3O2/c1-28(2,18-9-14-23(35-4)24(15-18)36-5)25-16-32-26(34(25)20-12-10-19(30)11-13-20)17-33(3)27-21(29)7-6-8-22(27)31/h6-16H,17H2,1-5H3. The highest BCUT2D eigenvalue weighted by molar-refractivity contribution is 6.33. The van der Waals surface area contributed by atoms with E-state index in [0.717, 1.165) is 16.9 Å². The van der Waals surface area contributed by atoms with Crippen LogP contribution in [0.1, 0.15) is 30.9 Å². The summed E-state index contributed by atoms with van der Waals surface area (Å²) >= 11 is 6.30. The Bertz CT molecular complexity index is 1350. The monoisotopic (exact) mass is 511 g/mol. The van der Waals surface area contributed by atoms with E-state index in [1.54, 1.807) is 56.6 Å². The van der Waals surface area contributed by atoms with Crippen molar-refractivity contribution in [2.75, 3.05) is 26.2 Å². The van der Waals surface area contributed by atoms with E-state index in [2.05, 4.69) is 13.8 Å². The third-order valence-corrected chi connectivity index (χ3v) is 6.67. The van der Waals surface area contributed by atoms with Crippen LogP contribution in [0.4, 0.5) is 14.5 Å². The van der Waals surface area contributed by atoms with Gasteiger partial charge in [0.2, 0.25) is 0 Å². The number of rotatable bonds is 8. The van der Waals surface area contributed by atoms with Crippen LogP contribution < -0.4 is 14.4 Å². The van der Waals surface area contributed by atoms with Gasteiger partial charge in [-0.3, -0.25) is 4.57 Å². The Hall–Kier alpha value is -3.58. The van der Waals surface area contributed by atoms with Gasteiger partial charge in [0, 0.05) is 24.3 Å². The molecule has 0 aliphatic carbocycles. The lowest BCUT2D eigenvalue weighted by molar-refractivity contribution is 0.353. The zero-order valence-corrected chi connectivity index (χ0v) is 21.6.